The van der Waals surface area contributed by atoms with Crippen LogP contribution >= 0.6 is 9.39 Å². The van der Waals surface area contributed by atoms with Gasteiger partial charge in [-0.2, -0.15) is 0 Å². The second kappa shape index (κ2) is 2.77. The molecule has 0 saturated heterocycles. The van der Waals surface area contributed by atoms with Crippen molar-refractivity contribution in [2.75, 3.05) is 0 Å². The molecule has 0 aromatic heterocycles. The SMILES string of the molecule is CC(O)C(C)(C)NP. The minimum Gasteiger partial charge on any atom is -0.392 e. The third kappa shape index (κ3) is 2.08. The first-order valence-corrected chi connectivity index (χ1v) is 3.24. The first kappa shape index (κ1) is 8.35. The van der Waals surface area contributed by atoms with Crippen molar-refractivity contribution in [3.05, 3.63) is 0 Å². The fraction of sp³-hybridized carbons (Fsp3) is 1.00. The summed E-state index contributed by atoms with van der Waals surface area (Å²) in [6, 6.07) is 0. The highest BCUT2D eigenvalue weighted by Crippen LogP contribution is 2.08. The maximum Gasteiger partial charge on any atom is 0.0690 e. The van der Waals surface area contributed by atoms with Gasteiger partial charge in [-0.1, -0.05) is 9.39 Å². The Morgan fingerprint density at radius 1 is 1.62 bits per heavy atom. The van der Waals surface area contributed by atoms with Gasteiger partial charge in [-0.15, -0.1) is 0 Å². The van der Waals surface area contributed by atoms with Crippen molar-refractivity contribution >= 4 is 9.39 Å². The van der Waals surface area contributed by atoms with Crippen molar-refractivity contribution < 1.29 is 5.11 Å². The third-order valence-electron chi connectivity index (χ3n) is 1.42. The molecule has 8 heavy (non-hydrogen) atoms. The van der Waals surface area contributed by atoms with Gasteiger partial charge in [0.15, 0.2) is 0 Å². The number of hydrogen-bond donors (Lipinski definition) is 2. The number of aliphatic hydroxyl groups is 1. The summed E-state index contributed by atoms with van der Waals surface area (Å²) in [6.45, 7) is 5.63. The van der Waals surface area contributed by atoms with Crippen molar-refractivity contribution in [1.82, 2.24) is 5.09 Å². The molecule has 0 bridgehead atoms. The molecule has 0 heterocycles. The van der Waals surface area contributed by atoms with Crippen LogP contribution in [0.4, 0.5) is 0 Å². The van der Waals surface area contributed by atoms with Crippen LogP contribution in [0, 0.1) is 0 Å². The molecule has 2 unspecified atom stereocenters. The molecule has 0 rings (SSSR count). The molecule has 0 spiro atoms. The molecule has 0 saturated carbocycles. The Bertz CT molecular complexity index is 72.8. The number of aliphatic hydroxyl groups excluding tert-OH is 1. The molecule has 0 aliphatic carbocycles. The summed E-state index contributed by atoms with van der Waals surface area (Å²) >= 11 is 0. The summed E-state index contributed by atoms with van der Waals surface area (Å²) in [5.74, 6) is 0. The molecule has 0 aromatic carbocycles. The van der Waals surface area contributed by atoms with Gasteiger partial charge in [0.1, 0.15) is 0 Å². The molecule has 0 aliphatic rings. The summed E-state index contributed by atoms with van der Waals surface area (Å²) in [5, 5.41) is 11.9. The molecular weight excluding hydrogens is 121 g/mol. The summed E-state index contributed by atoms with van der Waals surface area (Å²) in [4.78, 5) is 0. The second-order valence-electron chi connectivity index (χ2n) is 2.54. The van der Waals surface area contributed by atoms with E-state index in [2.05, 4.69) is 14.5 Å². The zero-order valence-corrected chi connectivity index (χ0v) is 6.76. The monoisotopic (exact) mass is 135 g/mol. The van der Waals surface area contributed by atoms with Gasteiger partial charge in [0.05, 0.1) is 6.10 Å². The predicted octanol–water partition coefficient (Wildman–Crippen LogP) is 0.525. The van der Waals surface area contributed by atoms with Crippen LogP contribution < -0.4 is 5.09 Å². The van der Waals surface area contributed by atoms with Crippen LogP contribution in [0.3, 0.4) is 0 Å². The average Bonchev–Trinajstić information content (AvgIpc) is 1.67. The maximum absolute atomic E-state index is 9.00. The molecule has 0 aromatic rings. The van der Waals surface area contributed by atoms with E-state index in [9.17, 15) is 0 Å². The van der Waals surface area contributed by atoms with E-state index in [0.29, 0.717) is 0 Å². The third-order valence-corrected chi connectivity index (χ3v) is 2.16. The van der Waals surface area contributed by atoms with Gasteiger partial charge >= 0.3 is 0 Å². The van der Waals surface area contributed by atoms with Gasteiger partial charge in [0, 0.05) is 5.54 Å². The van der Waals surface area contributed by atoms with E-state index in [1.807, 2.05) is 13.8 Å². The summed E-state index contributed by atoms with van der Waals surface area (Å²) in [6.07, 6.45) is -0.319. The van der Waals surface area contributed by atoms with Gasteiger partial charge in [-0.05, 0) is 20.8 Å². The van der Waals surface area contributed by atoms with Crippen LogP contribution in [-0.2, 0) is 0 Å². The van der Waals surface area contributed by atoms with E-state index in [1.165, 1.54) is 0 Å². The lowest BCUT2D eigenvalue weighted by molar-refractivity contribution is 0.113. The van der Waals surface area contributed by atoms with Crippen molar-refractivity contribution in [2.45, 2.75) is 32.4 Å². The Kier molecular flexibility index (Phi) is 2.89. The van der Waals surface area contributed by atoms with Crippen LogP contribution in [0.2, 0.25) is 0 Å². The van der Waals surface area contributed by atoms with E-state index in [0.717, 1.165) is 0 Å². The first-order chi connectivity index (χ1) is 3.50. The molecule has 0 aliphatic heterocycles. The zero-order chi connectivity index (χ0) is 6.78. The van der Waals surface area contributed by atoms with E-state index in [1.54, 1.807) is 6.92 Å². The minimum atomic E-state index is -0.319. The van der Waals surface area contributed by atoms with E-state index in [4.69, 9.17) is 5.11 Å². The lowest BCUT2D eigenvalue weighted by atomic mass is 10.0. The first-order valence-electron chi connectivity index (χ1n) is 2.66. The Morgan fingerprint density at radius 3 is 2.00 bits per heavy atom. The topological polar surface area (TPSA) is 32.3 Å². The maximum atomic E-state index is 9.00. The molecule has 3 heteroatoms. The van der Waals surface area contributed by atoms with Crippen LogP contribution in [0.15, 0.2) is 0 Å². The quantitative estimate of drug-likeness (QED) is 0.541. The fourth-order valence-electron chi connectivity index (χ4n) is 0.121. The normalized spacial score (nSPS) is 16.1. The van der Waals surface area contributed by atoms with Crippen molar-refractivity contribution in [3.8, 4) is 0 Å². The van der Waals surface area contributed by atoms with Gasteiger partial charge in [-0.25, -0.2) is 0 Å². The van der Waals surface area contributed by atoms with Crippen LogP contribution in [-0.4, -0.2) is 16.7 Å². The highest BCUT2D eigenvalue weighted by molar-refractivity contribution is 7.13. The molecule has 2 atom stereocenters. The van der Waals surface area contributed by atoms with Gasteiger partial charge in [0.2, 0.25) is 0 Å². The van der Waals surface area contributed by atoms with E-state index in [-0.39, 0.29) is 11.6 Å². The van der Waals surface area contributed by atoms with Crippen LogP contribution in [0.25, 0.3) is 0 Å². The Morgan fingerprint density at radius 2 is 2.00 bits per heavy atom. The lowest BCUT2D eigenvalue weighted by Gasteiger charge is -2.26. The van der Waals surface area contributed by atoms with E-state index < -0.39 is 0 Å². The van der Waals surface area contributed by atoms with Gasteiger partial charge in [-0.3, -0.25) is 5.09 Å². The second-order valence-corrected chi connectivity index (χ2v) is 2.83. The van der Waals surface area contributed by atoms with Crippen LogP contribution in [0.5, 0.6) is 0 Å². The summed E-state index contributed by atoms with van der Waals surface area (Å²) < 4.78 is 0. The number of rotatable bonds is 2. The minimum absolute atomic E-state index is 0.190. The van der Waals surface area contributed by atoms with Gasteiger partial charge in [0.25, 0.3) is 0 Å². The summed E-state index contributed by atoms with van der Waals surface area (Å²) in [5.41, 5.74) is -0.190. The molecule has 0 amide bonds. The molecule has 50 valence electrons. The van der Waals surface area contributed by atoms with Crippen molar-refractivity contribution in [1.29, 1.82) is 0 Å². The van der Waals surface area contributed by atoms with Crippen molar-refractivity contribution in [3.63, 3.8) is 0 Å². The predicted molar refractivity (Wildman–Crippen MR) is 38.6 cm³/mol. The lowest BCUT2D eigenvalue weighted by Crippen LogP contribution is -2.42. The Balaban J connectivity index is 3.71. The van der Waals surface area contributed by atoms with E-state index >= 15 is 0 Å². The van der Waals surface area contributed by atoms with Crippen molar-refractivity contribution in [2.24, 2.45) is 0 Å². The Hall–Kier alpha value is 0.350. The molecule has 0 radical (unpaired) electrons. The average molecular weight is 135 g/mol. The molecular formula is C5H14NOP. The Labute approximate surface area is 52.9 Å². The van der Waals surface area contributed by atoms with Crippen LogP contribution in [0.1, 0.15) is 20.8 Å². The fourth-order valence-corrected chi connectivity index (χ4v) is 0.362. The largest absolute Gasteiger partial charge is 0.392 e. The standard InChI is InChI=1S/C5H14NOP/c1-4(7)5(2,3)6-8/h4,6-7H,8H2,1-3H3. The molecule has 2 nitrogen and oxygen atoms in total. The highest BCUT2D eigenvalue weighted by Gasteiger charge is 2.20. The smallest absolute Gasteiger partial charge is 0.0690 e. The zero-order valence-electron chi connectivity index (χ0n) is 5.60. The van der Waals surface area contributed by atoms with Gasteiger partial charge < -0.3 is 5.11 Å². The number of hydrogen-bond acceptors (Lipinski definition) is 2. The number of nitrogens with one attached hydrogen (secondary N) is 1. The summed E-state index contributed by atoms with van der Waals surface area (Å²) in [7, 11) is 2.38. The molecule has 2 N–H and O–H groups in total. The molecule has 0 fully saturated rings. The highest BCUT2D eigenvalue weighted by atomic mass is 31.0.